The van der Waals surface area contributed by atoms with Crippen LogP contribution in [-0.4, -0.2) is 57.3 Å². The maximum absolute atomic E-state index is 13.8. The van der Waals surface area contributed by atoms with Crippen molar-refractivity contribution in [2.75, 3.05) is 25.0 Å². The Labute approximate surface area is 226 Å². The topological polar surface area (TPSA) is 74.6 Å². The molecule has 7 nitrogen and oxygen atoms in total. The summed E-state index contributed by atoms with van der Waals surface area (Å²) in [5.74, 6) is 1.47. The number of carbonyl (C=O) groups is 1. The zero-order chi connectivity index (χ0) is 26.1. The number of imidazole rings is 1. The maximum atomic E-state index is 13.8. The van der Waals surface area contributed by atoms with E-state index < -0.39 is 6.17 Å². The first-order chi connectivity index (χ1) is 18.5. The average molecular weight is 533 g/mol. The SMILES string of the molecule is O=C(c1ccc(-c2cnc3ccc(NCC4CC4)nn23)cc1)N(Cc1cccc(Cl)c1)C[C@@H]1C[C@@H](F)CN1. The second-order valence-corrected chi connectivity index (χ2v) is 10.7. The minimum absolute atomic E-state index is 0.0839. The molecule has 0 bridgehead atoms. The van der Waals surface area contributed by atoms with Crippen molar-refractivity contribution in [2.24, 2.45) is 5.92 Å². The minimum atomic E-state index is -0.883. The molecule has 6 rings (SSSR count). The number of nitrogens with zero attached hydrogens (tertiary/aromatic N) is 4. The smallest absolute Gasteiger partial charge is 0.254 e. The van der Waals surface area contributed by atoms with Crippen molar-refractivity contribution in [1.29, 1.82) is 0 Å². The highest BCUT2D eigenvalue weighted by molar-refractivity contribution is 6.30. The average Bonchev–Trinajstić information content (AvgIpc) is 3.52. The number of hydrogen-bond acceptors (Lipinski definition) is 5. The fourth-order valence-electron chi connectivity index (χ4n) is 4.95. The molecule has 2 fully saturated rings. The van der Waals surface area contributed by atoms with Crippen LogP contribution in [0.15, 0.2) is 66.9 Å². The molecular weight excluding hydrogens is 503 g/mol. The van der Waals surface area contributed by atoms with Gasteiger partial charge in [-0.15, -0.1) is 5.10 Å². The largest absolute Gasteiger partial charge is 0.368 e. The van der Waals surface area contributed by atoms with E-state index in [1.807, 2.05) is 65.2 Å². The van der Waals surface area contributed by atoms with Crippen molar-refractivity contribution < 1.29 is 9.18 Å². The Morgan fingerprint density at radius 1 is 1.16 bits per heavy atom. The van der Waals surface area contributed by atoms with Gasteiger partial charge in [-0.05, 0) is 67.1 Å². The molecule has 2 aromatic heterocycles. The molecule has 2 aliphatic rings. The summed E-state index contributed by atoms with van der Waals surface area (Å²) in [5, 5.41) is 12.0. The molecule has 1 saturated carbocycles. The molecule has 1 aliphatic carbocycles. The lowest BCUT2D eigenvalue weighted by molar-refractivity contribution is 0.0727. The number of hydrogen-bond donors (Lipinski definition) is 2. The zero-order valence-electron chi connectivity index (χ0n) is 21.0. The lowest BCUT2D eigenvalue weighted by Gasteiger charge is -2.26. The highest BCUT2D eigenvalue weighted by atomic mass is 35.5. The van der Waals surface area contributed by atoms with E-state index in [2.05, 4.69) is 15.6 Å². The summed E-state index contributed by atoms with van der Waals surface area (Å²) >= 11 is 6.18. The molecule has 1 saturated heterocycles. The van der Waals surface area contributed by atoms with E-state index in [0.717, 1.165) is 40.7 Å². The molecule has 1 aliphatic heterocycles. The summed E-state index contributed by atoms with van der Waals surface area (Å²) < 4.78 is 15.7. The molecule has 0 radical (unpaired) electrons. The van der Waals surface area contributed by atoms with Crippen LogP contribution < -0.4 is 10.6 Å². The predicted octanol–water partition coefficient (Wildman–Crippen LogP) is 5.21. The van der Waals surface area contributed by atoms with Crippen molar-refractivity contribution in [3.63, 3.8) is 0 Å². The summed E-state index contributed by atoms with van der Waals surface area (Å²) in [6, 6.07) is 18.8. The Bertz CT molecular complexity index is 1440. The lowest BCUT2D eigenvalue weighted by Crippen LogP contribution is -2.40. The fraction of sp³-hybridized carbons (Fsp3) is 0.345. The molecule has 9 heteroatoms. The van der Waals surface area contributed by atoms with Gasteiger partial charge >= 0.3 is 0 Å². The maximum Gasteiger partial charge on any atom is 0.254 e. The Morgan fingerprint density at radius 2 is 2.00 bits per heavy atom. The second-order valence-electron chi connectivity index (χ2n) is 10.3. The summed E-state index contributed by atoms with van der Waals surface area (Å²) in [6.45, 7) is 2.07. The first-order valence-electron chi connectivity index (χ1n) is 13.1. The molecular formula is C29H30ClFN6O. The van der Waals surface area contributed by atoms with Crippen molar-refractivity contribution in [1.82, 2.24) is 24.8 Å². The van der Waals surface area contributed by atoms with Crippen LogP contribution in [0.4, 0.5) is 10.2 Å². The number of carbonyl (C=O) groups excluding carboxylic acids is 1. The number of aromatic nitrogens is 3. The van der Waals surface area contributed by atoms with Crippen LogP contribution >= 0.6 is 11.6 Å². The van der Waals surface area contributed by atoms with E-state index >= 15 is 0 Å². The van der Waals surface area contributed by atoms with Gasteiger partial charge < -0.3 is 15.5 Å². The lowest BCUT2D eigenvalue weighted by atomic mass is 10.1. The summed E-state index contributed by atoms with van der Waals surface area (Å²) in [4.78, 5) is 19.9. The molecule has 3 heterocycles. The number of amides is 1. The molecule has 0 unspecified atom stereocenters. The van der Waals surface area contributed by atoms with Crippen LogP contribution in [0.1, 0.15) is 35.2 Å². The number of rotatable bonds is 9. The third-order valence-corrected chi connectivity index (χ3v) is 7.45. The standard InChI is InChI=1S/C29H30ClFN6O/c30-23-3-1-2-20(12-23)17-36(18-25-13-24(31)15-32-25)29(38)22-8-6-21(7-9-22)26-16-34-28-11-10-27(35-37(26)28)33-14-19-4-5-19/h1-3,6-12,16,19,24-25,32H,4-5,13-15,17-18H2,(H,33,35)/t24-,25+/m1/s1. The Morgan fingerprint density at radius 3 is 2.74 bits per heavy atom. The molecule has 196 valence electrons. The van der Waals surface area contributed by atoms with Gasteiger partial charge in [-0.25, -0.2) is 13.9 Å². The monoisotopic (exact) mass is 532 g/mol. The van der Waals surface area contributed by atoms with Gasteiger partial charge in [0.05, 0.1) is 11.9 Å². The van der Waals surface area contributed by atoms with Crippen molar-refractivity contribution in [3.8, 4) is 11.3 Å². The number of alkyl halides is 1. The van der Waals surface area contributed by atoms with Gasteiger partial charge in [-0.1, -0.05) is 35.9 Å². The second kappa shape index (κ2) is 10.7. The highest BCUT2D eigenvalue weighted by Crippen LogP contribution is 2.29. The quantitative estimate of drug-likeness (QED) is 0.309. The summed E-state index contributed by atoms with van der Waals surface area (Å²) in [5.41, 5.74) is 4.04. The molecule has 2 N–H and O–H groups in total. The Kier molecular flexibility index (Phi) is 7.00. The van der Waals surface area contributed by atoms with E-state index in [1.165, 1.54) is 12.8 Å². The van der Waals surface area contributed by atoms with Gasteiger partial charge in [-0.3, -0.25) is 4.79 Å². The van der Waals surface area contributed by atoms with Gasteiger partial charge in [0, 0.05) is 48.4 Å². The van der Waals surface area contributed by atoms with Crippen LogP contribution in [0.5, 0.6) is 0 Å². The molecule has 2 atom stereocenters. The van der Waals surface area contributed by atoms with Crippen LogP contribution in [0, 0.1) is 5.92 Å². The normalized spacial score (nSPS) is 19.1. The van der Waals surface area contributed by atoms with Gasteiger partial charge in [0.1, 0.15) is 12.0 Å². The molecule has 1 amide bonds. The van der Waals surface area contributed by atoms with E-state index in [9.17, 15) is 9.18 Å². The molecule has 38 heavy (non-hydrogen) atoms. The third-order valence-electron chi connectivity index (χ3n) is 7.22. The van der Waals surface area contributed by atoms with Gasteiger partial charge in [0.15, 0.2) is 5.65 Å². The van der Waals surface area contributed by atoms with E-state index in [-0.39, 0.29) is 11.9 Å². The van der Waals surface area contributed by atoms with Crippen LogP contribution in [-0.2, 0) is 6.54 Å². The molecule has 0 spiro atoms. The Balaban J connectivity index is 1.22. The number of benzene rings is 2. The van der Waals surface area contributed by atoms with Crippen molar-refractivity contribution >= 4 is 29.0 Å². The number of fused-ring (bicyclic) bond motifs is 1. The van der Waals surface area contributed by atoms with Gasteiger partial charge in [0.25, 0.3) is 5.91 Å². The van der Waals surface area contributed by atoms with Crippen LogP contribution in [0.25, 0.3) is 16.9 Å². The fourth-order valence-corrected chi connectivity index (χ4v) is 5.16. The predicted molar refractivity (Wildman–Crippen MR) is 147 cm³/mol. The van der Waals surface area contributed by atoms with Crippen molar-refractivity contribution in [3.05, 3.63) is 83.0 Å². The zero-order valence-corrected chi connectivity index (χ0v) is 21.7. The number of halogens is 2. The van der Waals surface area contributed by atoms with E-state index in [1.54, 1.807) is 11.1 Å². The van der Waals surface area contributed by atoms with E-state index in [0.29, 0.717) is 36.6 Å². The number of nitrogens with one attached hydrogen (secondary N) is 2. The highest BCUT2D eigenvalue weighted by Gasteiger charge is 2.28. The van der Waals surface area contributed by atoms with Crippen LogP contribution in [0.3, 0.4) is 0 Å². The third kappa shape index (κ3) is 5.66. The minimum Gasteiger partial charge on any atom is -0.368 e. The first-order valence-corrected chi connectivity index (χ1v) is 13.5. The number of anilines is 1. The summed E-state index contributed by atoms with van der Waals surface area (Å²) in [7, 11) is 0. The first kappa shape index (κ1) is 24.8. The van der Waals surface area contributed by atoms with Crippen molar-refractivity contribution in [2.45, 2.75) is 38.0 Å². The van der Waals surface area contributed by atoms with E-state index in [4.69, 9.17) is 16.7 Å². The van der Waals surface area contributed by atoms with Gasteiger partial charge in [-0.2, -0.15) is 0 Å². The summed E-state index contributed by atoms with van der Waals surface area (Å²) in [6.07, 6.45) is 3.87. The molecule has 2 aromatic carbocycles. The Hall–Kier alpha value is -3.49. The molecule has 4 aromatic rings. The van der Waals surface area contributed by atoms with Crippen LogP contribution in [0.2, 0.25) is 5.02 Å². The van der Waals surface area contributed by atoms with Gasteiger partial charge in [0.2, 0.25) is 0 Å².